The fourth-order valence-electron chi connectivity index (χ4n) is 0.597. The quantitative estimate of drug-likeness (QED) is 0.378. The zero-order valence-electron chi connectivity index (χ0n) is 8.36. The molecule has 0 fully saturated rings. The van der Waals surface area contributed by atoms with E-state index in [1.807, 2.05) is 0 Å². The lowest BCUT2D eigenvalue weighted by molar-refractivity contribution is -0.141. The number of rotatable bonds is 5. The lowest BCUT2D eigenvalue weighted by Crippen LogP contribution is -2.10. The van der Waals surface area contributed by atoms with Gasteiger partial charge in [0.05, 0.1) is 6.61 Å². The second-order valence-corrected chi connectivity index (χ2v) is 2.46. The third-order valence-corrected chi connectivity index (χ3v) is 1.28. The fourth-order valence-corrected chi connectivity index (χ4v) is 0.597. The Balaban J connectivity index is 3.92. The van der Waals surface area contributed by atoms with E-state index < -0.39 is 11.9 Å². The molecule has 0 rings (SSSR count). The highest BCUT2D eigenvalue weighted by atomic mass is 16.5. The summed E-state index contributed by atoms with van der Waals surface area (Å²) in [7, 11) is 0. The summed E-state index contributed by atoms with van der Waals surface area (Å²) in [5.74, 6) is -1.15. The number of esters is 2. The van der Waals surface area contributed by atoms with Crippen LogP contribution in [-0.4, -0.2) is 24.6 Å². The van der Waals surface area contributed by atoms with Crippen LogP contribution >= 0.6 is 0 Å². The first-order chi connectivity index (χ1) is 6.60. The van der Waals surface area contributed by atoms with Gasteiger partial charge in [-0.3, -0.25) is 0 Å². The van der Waals surface area contributed by atoms with Crippen molar-refractivity contribution in [3.63, 3.8) is 0 Å². The van der Waals surface area contributed by atoms with Crippen LogP contribution in [-0.2, 0) is 19.1 Å². The fraction of sp³-hybridized carbons (Fsp3) is 0.400. The van der Waals surface area contributed by atoms with Crippen LogP contribution in [0.5, 0.6) is 0 Å². The standard InChI is InChI=1S/C10H14O4/c1-4-8(3)14-10(12)7-6-9(11)13-5-2/h4,6-8H,1,5H2,2-3H3/b7-6-. The Hall–Kier alpha value is -1.58. The summed E-state index contributed by atoms with van der Waals surface area (Å²) >= 11 is 0. The molecule has 0 bridgehead atoms. The number of ether oxygens (including phenoxy) is 2. The Morgan fingerprint density at radius 3 is 2.43 bits per heavy atom. The van der Waals surface area contributed by atoms with E-state index in [1.165, 1.54) is 6.08 Å². The molecule has 0 aromatic rings. The first-order valence-corrected chi connectivity index (χ1v) is 4.28. The van der Waals surface area contributed by atoms with Gasteiger partial charge >= 0.3 is 11.9 Å². The predicted molar refractivity (Wildman–Crippen MR) is 51.5 cm³/mol. The Bertz CT molecular complexity index is 243. The van der Waals surface area contributed by atoms with Gasteiger partial charge in [-0.05, 0) is 13.8 Å². The highest BCUT2D eigenvalue weighted by Crippen LogP contribution is 1.93. The van der Waals surface area contributed by atoms with Gasteiger partial charge in [0, 0.05) is 12.2 Å². The van der Waals surface area contributed by atoms with Gasteiger partial charge in [0.1, 0.15) is 6.10 Å². The van der Waals surface area contributed by atoms with Gasteiger partial charge in [-0.15, -0.1) is 0 Å². The van der Waals surface area contributed by atoms with Crippen LogP contribution in [0.1, 0.15) is 13.8 Å². The van der Waals surface area contributed by atoms with Crippen LogP contribution in [0.2, 0.25) is 0 Å². The number of carbonyl (C=O) groups is 2. The summed E-state index contributed by atoms with van der Waals surface area (Å²) in [4.78, 5) is 21.7. The second-order valence-electron chi connectivity index (χ2n) is 2.46. The van der Waals surface area contributed by atoms with E-state index in [2.05, 4.69) is 11.3 Å². The van der Waals surface area contributed by atoms with E-state index in [9.17, 15) is 9.59 Å². The molecule has 0 saturated heterocycles. The molecule has 0 aromatic heterocycles. The van der Waals surface area contributed by atoms with Gasteiger partial charge in [-0.25, -0.2) is 9.59 Å². The van der Waals surface area contributed by atoms with Crippen molar-refractivity contribution in [1.82, 2.24) is 0 Å². The molecule has 0 amide bonds. The highest BCUT2D eigenvalue weighted by molar-refractivity contribution is 5.91. The van der Waals surface area contributed by atoms with Gasteiger partial charge in [-0.1, -0.05) is 12.7 Å². The summed E-state index contributed by atoms with van der Waals surface area (Å²) in [6.07, 6.45) is 3.17. The highest BCUT2D eigenvalue weighted by Gasteiger charge is 2.02. The van der Waals surface area contributed by atoms with Crippen molar-refractivity contribution in [2.75, 3.05) is 6.61 Å². The smallest absolute Gasteiger partial charge is 0.331 e. The Morgan fingerprint density at radius 2 is 1.93 bits per heavy atom. The molecule has 78 valence electrons. The van der Waals surface area contributed by atoms with Crippen LogP contribution in [0.25, 0.3) is 0 Å². The molecule has 0 aromatic carbocycles. The third kappa shape index (κ3) is 5.99. The predicted octanol–water partition coefficient (Wildman–Crippen LogP) is 1.22. The Kier molecular flexibility index (Phi) is 6.11. The van der Waals surface area contributed by atoms with E-state index in [1.54, 1.807) is 13.8 Å². The van der Waals surface area contributed by atoms with Gasteiger partial charge in [0.2, 0.25) is 0 Å². The molecule has 0 radical (unpaired) electrons. The van der Waals surface area contributed by atoms with E-state index in [-0.39, 0.29) is 12.7 Å². The van der Waals surface area contributed by atoms with E-state index in [0.29, 0.717) is 0 Å². The average molecular weight is 198 g/mol. The summed E-state index contributed by atoms with van der Waals surface area (Å²) in [5.41, 5.74) is 0. The molecule has 4 heteroatoms. The normalized spacial score (nSPS) is 12.1. The number of carbonyl (C=O) groups excluding carboxylic acids is 2. The van der Waals surface area contributed by atoms with Crippen molar-refractivity contribution in [2.45, 2.75) is 20.0 Å². The van der Waals surface area contributed by atoms with Crippen molar-refractivity contribution in [1.29, 1.82) is 0 Å². The summed E-state index contributed by atoms with van der Waals surface area (Å²) in [6.45, 7) is 7.08. The molecule has 0 saturated carbocycles. The van der Waals surface area contributed by atoms with Gasteiger partial charge < -0.3 is 9.47 Å². The molecule has 0 aliphatic heterocycles. The molecule has 0 N–H and O–H groups in total. The molecular weight excluding hydrogens is 184 g/mol. The first kappa shape index (κ1) is 12.4. The summed E-state index contributed by atoms with van der Waals surface area (Å²) in [6, 6.07) is 0. The maximum Gasteiger partial charge on any atom is 0.331 e. The van der Waals surface area contributed by atoms with Crippen molar-refractivity contribution >= 4 is 11.9 Å². The maximum atomic E-state index is 11.0. The minimum absolute atomic E-state index is 0.279. The lowest BCUT2D eigenvalue weighted by atomic mass is 10.4. The second kappa shape index (κ2) is 6.88. The molecule has 0 aliphatic rings. The van der Waals surface area contributed by atoms with E-state index in [4.69, 9.17) is 4.74 Å². The SMILES string of the molecule is C=CC(C)OC(=O)/C=C\C(=O)OCC. The van der Waals surface area contributed by atoms with Gasteiger partial charge in [-0.2, -0.15) is 0 Å². The summed E-state index contributed by atoms with van der Waals surface area (Å²) in [5, 5.41) is 0. The monoisotopic (exact) mass is 198 g/mol. The minimum Gasteiger partial charge on any atom is -0.463 e. The molecule has 14 heavy (non-hydrogen) atoms. The Morgan fingerprint density at radius 1 is 1.36 bits per heavy atom. The molecule has 0 spiro atoms. The summed E-state index contributed by atoms with van der Waals surface area (Å²) < 4.78 is 9.35. The van der Waals surface area contributed by atoms with Crippen LogP contribution < -0.4 is 0 Å². The zero-order valence-corrected chi connectivity index (χ0v) is 8.36. The topological polar surface area (TPSA) is 52.6 Å². The van der Waals surface area contributed by atoms with Crippen molar-refractivity contribution in [3.05, 3.63) is 24.8 Å². The zero-order chi connectivity index (χ0) is 11.0. The van der Waals surface area contributed by atoms with Crippen molar-refractivity contribution in [2.24, 2.45) is 0 Å². The maximum absolute atomic E-state index is 11.0. The minimum atomic E-state index is -0.592. The largest absolute Gasteiger partial charge is 0.463 e. The van der Waals surface area contributed by atoms with Crippen molar-refractivity contribution < 1.29 is 19.1 Å². The molecule has 1 atom stereocenters. The van der Waals surface area contributed by atoms with Gasteiger partial charge in [0.15, 0.2) is 0 Å². The lowest BCUT2D eigenvalue weighted by Gasteiger charge is -2.04. The van der Waals surface area contributed by atoms with Crippen LogP contribution in [0, 0.1) is 0 Å². The molecule has 0 heterocycles. The third-order valence-electron chi connectivity index (χ3n) is 1.28. The van der Waals surface area contributed by atoms with Crippen molar-refractivity contribution in [3.8, 4) is 0 Å². The van der Waals surface area contributed by atoms with E-state index in [0.717, 1.165) is 12.2 Å². The Labute approximate surface area is 83.2 Å². The van der Waals surface area contributed by atoms with E-state index >= 15 is 0 Å². The number of hydrogen-bond donors (Lipinski definition) is 0. The molecule has 1 unspecified atom stereocenters. The first-order valence-electron chi connectivity index (χ1n) is 4.28. The molecule has 4 nitrogen and oxygen atoms in total. The molecule has 0 aliphatic carbocycles. The van der Waals surface area contributed by atoms with Crippen LogP contribution in [0.3, 0.4) is 0 Å². The van der Waals surface area contributed by atoms with Crippen LogP contribution in [0.4, 0.5) is 0 Å². The average Bonchev–Trinajstić information content (AvgIpc) is 2.15. The number of hydrogen-bond acceptors (Lipinski definition) is 4. The van der Waals surface area contributed by atoms with Crippen LogP contribution in [0.15, 0.2) is 24.8 Å². The van der Waals surface area contributed by atoms with Gasteiger partial charge in [0.25, 0.3) is 0 Å². The molecular formula is C10H14O4.